The van der Waals surface area contributed by atoms with E-state index < -0.39 is 23.0 Å². The fraction of sp³-hybridized carbons (Fsp3) is 0. The summed E-state index contributed by atoms with van der Waals surface area (Å²) < 4.78 is 56.2. The molecule has 0 spiro atoms. The standard InChI is InChI=1S/C42H36N9O12P3/c52-43-25-31-1-13-37(14-2-31)58-64(59-38-15-3-32(4-16-38)26-44-53)49-65(60-39-17-5-33(6-18-39)27-45-54,61-40-19-7-34(8-20-40)28-46-55)51-66(50-64,62-41-21-9-35(10-22-41)29-47-56)63-42-23-11-36(12-24-42)30-48-57/h1-30,52-57H/b43-25+,44-26+,45-27+,46-28+,47-29+,48-30+. The molecule has 0 amide bonds. The van der Waals surface area contributed by atoms with E-state index in [1.54, 1.807) is 146 Å². The van der Waals surface area contributed by atoms with Crippen LogP contribution in [0.25, 0.3) is 0 Å². The number of hydrogen-bond acceptors (Lipinski definition) is 21. The maximum absolute atomic E-state index is 9.22. The first-order chi connectivity index (χ1) is 32.2. The van der Waals surface area contributed by atoms with Crippen molar-refractivity contribution in [1.82, 2.24) is 0 Å². The van der Waals surface area contributed by atoms with Crippen LogP contribution in [0.5, 0.6) is 34.5 Å². The lowest BCUT2D eigenvalue weighted by atomic mass is 10.2. The number of nitrogens with zero attached hydrogens (tertiary/aromatic N) is 9. The Balaban J connectivity index is 1.57. The highest BCUT2D eigenvalue weighted by atomic mass is 31.3. The van der Waals surface area contributed by atoms with Crippen LogP contribution >= 0.6 is 23.0 Å². The van der Waals surface area contributed by atoms with E-state index in [0.29, 0.717) is 33.4 Å². The molecule has 66 heavy (non-hydrogen) atoms. The highest BCUT2D eigenvalue weighted by Gasteiger charge is 2.49. The van der Waals surface area contributed by atoms with Gasteiger partial charge in [-0.05, 0) is 179 Å². The Morgan fingerprint density at radius 1 is 0.258 bits per heavy atom. The minimum Gasteiger partial charge on any atom is -0.413 e. The van der Waals surface area contributed by atoms with Crippen molar-refractivity contribution in [3.05, 3.63) is 179 Å². The average molecular weight is 952 g/mol. The normalized spacial score (nSPS) is 15.1. The van der Waals surface area contributed by atoms with Crippen LogP contribution in [-0.4, -0.2) is 68.5 Å². The molecular formula is C42H36N9O12P3. The molecule has 0 fully saturated rings. The maximum atomic E-state index is 9.22. The lowest BCUT2D eigenvalue weighted by molar-refractivity contribution is 0.321. The smallest absolute Gasteiger partial charge is 0.413 e. The highest BCUT2D eigenvalue weighted by Crippen LogP contribution is 2.78. The van der Waals surface area contributed by atoms with Gasteiger partial charge in [-0.25, -0.2) is 0 Å². The second-order valence-electron chi connectivity index (χ2n) is 13.2. The van der Waals surface area contributed by atoms with Gasteiger partial charge in [-0.2, -0.15) is 0 Å². The number of benzene rings is 6. The third-order valence-electron chi connectivity index (χ3n) is 8.55. The van der Waals surface area contributed by atoms with E-state index >= 15 is 0 Å². The third-order valence-corrected chi connectivity index (χ3v) is 16.7. The van der Waals surface area contributed by atoms with Gasteiger partial charge in [0.25, 0.3) is 0 Å². The molecule has 1 aliphatic rings. The van der Waals surface area contributed by atoms with Gasteiger partial charge in [-0.1, -0.05) is 44.5 Å². The summed E-state index contributed by atoms with van der Waals surface area (Å²) in [4.78, 5) is 0. The van der Waals surface area contributed by atoms with Crippen molar-refractivity contribution in [3.8, 4) is 34.5 Å². The zero-order valence-electron chi connectivity index (χ0n) is 33.8. The van der Waals surface area contributed by atoms with Crippen molar-refractivity contribution in [3.63, 3.8) is 0 Å². The van der Waals surface area contributed by atoms with Crippen LogP contribution in [0.15, 0.2) is 190 Å². The molecule has 0 saturated carbocycles. The Hall–Kier alpha value is -8.37. The van der Waals surface area contributed by atoms with E-state index in [4.69, 9.17) is 40.7 Å². The molecule has 6 aromatic carbocycles. The van der Waals surface area contributed by atoms with Crippen molar-refractivity contribution >= 4 is 60.3 Å². The van der Waals surface area contributed by atoms with Gasteiger partial charge in [-0.15, -0.1) is 0 Å². The summed E-state index contributed by atoms with van der Waals surface area (Å²) in [5, 5.41) is 74.0. The Morgan fingerprint density at radius 2 is 0.394 bits per heavy atom. The van der Waals surface area contributed by atoms with E-state index in [9.17, 15) is 31.2 Å². The van der Waals surface area contributed by atoms with Crippen LogP contribution in [0.3, 0.4) is 0 Å². The number of rotatable bonds is 18. The summed E-state index contributed by atoms with van der Waals surface area (Å²) in [5.41, 5.74) is 3.10. The monoisotopic (exact) mass is 951 g/mol. The van der Waals surface area contributed by atoms with Crippen LogP contribution in [0.2, 0.25) is 0 Å². The summed E-state index contributed by atoms with van der Waals surface area (Å²) >= 11 is 0. The van der Waals surface area contributed by atoms with E-state index in [-0.39, 0.29) is 34.5 Å². The predicted octanol–water partition coefficient (Wildman–Crippen LogP) is 11.2. The van der Waals surface area contributed by atoms with Gasteiger partial charge in [0.15, 0.2) is 0 Å². The quantitative estimate of drug-likeness (QED) is 0.0203. The van der Waals surface area contributed by atoms with Gasteiger partial charge in [0.05, 0.1) is 37.3 Å². The van der Waals surface area contributed by atoms with E-state index in [0.717, 1.165) is 0 Å². The molecule has 1 heterocycles. The van der Waals surface area contributed by atoms with E-state index in [1.165, 1.54) is 37.3 Å². The molecule has 0 atom stereocenters. The molecule has 0 aromatic heterocycles. The Morgan fingerprint density at radius 3 is 0.515 bits per heavy atom. The fourth-order valence-electron chi connectivity index (χ4n) is 5.67. The molecule has 0 radical (unpaired) electrons. The number of hydrogen-bond donors (Lipinski definition) is 6. The van der Waals surface area contributed by atoms with Crippen LogP contribution in [-0.2, 0) is 0 Å². The minimum absolute atomic E-state index is 0.161. The molecule has 24 heteroatoms. The lowest BCUT2D eigenvalue weighted by Crippen LogP contribution is -2.11. The second kappa shape index (κ2) is 21.3. The predicted molar refractivity (Wildman–Crippen MR) is 247 cm³/mol. The van der Waals surface area contributed by atoms with Gasteiger partial charge in [0, 0.05) is 0 Å². The van der Waals surface area contributed by atoms with Gasteiger partial charge >= 0.3 is 23.0 Å². The molecule has 6 N–H and O–H groups in total. The van der Waals surface area contributed by atoms with Crippen molar-refractivity contribution < 1.29 is 58.4 Å². The second-order valence-corrected chi connectivity index (χ2v) is 19.4. The largest absolute Gasteiger partial charge is 0.460 e. The SMILES string of the molecule is O/N=C/c1ccc(OP2(Oc3ccc(/C=N/O)cc3)=NP(Oc3ccc(/C=N/O)cc3)(Oc3ccc(/C=N/O)cc3)=NP(Oc3ccc(/C=N/O)cc3)(Oc3ccc(/C=N/O)cc3)=N2)cc1. The zero-order valence-corrected chi connectivity index (χ0v) is 36.5. The van der Waals surface area contributed by atoms with Crippen LogP contribution in [0.1, 0.15) is 33.4 Å². The minimum atomic E-state index is -4.39. The first kappa shape index (κ1) is 45.6. The summed E-state index contributed by atoms with van der Waals surface area (Å²) in [6, 6.07) is 38.1. The first-order valence-electron chi connectivity index (χ1n) is 18.9. The molecule has 0 saturated heterocycles. The van der Waals surface area contributed by atoms with Gasteiger partial charge in [0.1, 0.15) is 34.5 Å². The fourth-order valence-corrected chi connectivity index (χ4v) is 14.7. The molecule has 7 rings (SSSR count). The van der Waals surface area contributed by atoms with Crippen molar-refractivity contribution in [2.24, 2.45) is 44.5 Å². The van der Waals surface area contributed by atoms with Crippen molar-refractivity contribution in [2.45, 2.75) is 0 Å². The zero-order chi connectivity index (χ0) is 46.2. The Bertz CT molecular complexity index is 2430. The summed E-state index contributed by atoms with van der Waals surface area (Å²) in [6.07, 6.45) is 7.32. The third kappa shape index (κ3) is 12.0. The van der Waals surface area contributed by atoms with Crippen LogP contribution in [0.4, 0.5) is 0 Å². The van der Waals surface area contributed by atoms with Crippen LogP contribution < -0.4 is 27.1 Å². The molecule has 0 unspecified atom stereocenters. The Kier molecular flexibility index (Phi) is 14.8. The summed E-state index contributed by atoms with van der Waals surface area (Å²) in [5.74, 6) is 0.965. The summed E-state index contributed by atoms with van der Waals surface area (Å²) in [7, 11) is -13.2. The summed E-state index contributed by atoms with van der Waals surface area (Å²) in [6.45, 7) is 0. The topological polar surface area (TPSA) is 288 Å². The van der Waals surface area contributed by atoms with E-state index in [1.807, 2.05) is 0 Å². The van der Waals surface area contributed by atoms with E-state index in [2.05, 4.69) is 30.9 Å². The maximum Gasteiger partial charge on any atom is 0.460 e. The van der Waals surface area contributed by atoms with Gasteiger partial charge < -0.3 is 58.4 Å². The lowest BCUT2D eigenvalue weighted by Gasteiger charge is -2.33. The number of oxime groups is 6. The van der Waals surface area contributed by atoms with Gasteiger partial charge in [0.2, 0.25) is 0 Å². The van der Waals surface area contributed by atoms with Crippen molar-refractivity contribution in [2.75, 3.05) is 0 Å². The molecule has 1 aliphatic heterocycles. The average Bonchev–Trinajstić information content (AvgIpc) is 3.31. The molecule has 6 aromatic rings. The molecule has 0 aliphatic carbocycles. The molecular weight excluding hydrogens is 915 g/mol. The first-order valence-corrected chi connectivity index (χ1v) is 23.5. The molecule has 21 nitrogen and oxygen atoms in total. The highest BCUT2D eigenvalue weighted by molar-refractivity contribution is 7.79. The van der Waals surface area contributed by atoms with Gasteiger partial charge in [-0.3, -0.25) is 0 Å². The van der Waals surface area contributed by atoms with Crippen LogP contribution in [0, 0.1) is 0 Å². The van der Waals surface area contributed by atoms with Crippen molar-refractivity contribution in [1.29, 1.82) is 0 Å². The Labute approximate surface area is 375 Å². The molecule has 336 valence electrons. The molecule has 0 bridgehead atoms.